The molecule has 0 unspecified atom stereocenters. The number of likely N-dealkylation sites (N-methyl/N-ethyl adjacent to an activating group) is 1. The van der Waals surface area contributed by atoms with Gasteiger partial charge in [0.15, 0.2) is 9.84 Å². The lowest BCUT2D eigenvalue weighted by atomic mass is 10.2. The summed E-state index contributed by atoms with van der Waals surface area (Å²) in [4.78, 5) is 12.2. The molecule has 2 fully saturated rings. The van der Waals surface area contributed by atoms with Gasteiger partial charge in [0.2, 0.25) is 0 Å². The maximum Gasteiger partial charge on any atom is 0.175 e. The van der Waals surface area contributed by atoms with Gasteiger partial charge in [0.05, 0.1) is 10.5 Å². The Labute approximate surface area is 194 Å². The number of anilines is 2. The van der Waals surface area contributed by atoms with Crippen molar-refractivity contribution < 1.29 is 8.42 Å². The minimum Gasteiger partial charge on any atom is -0.368 e. The first-order valence-electron chi connectivity index (χ1n) is 11.2. The minimum atomic E-state index is -3.19. The fourth-order valence-electron chi connectivity index (χ4n) is 4.90. The zero-order chi connectivity index (χ0) is 23.2. The first-order valence-corrected chi connectivity index (χ1v) is 13.1. The summed E-state index contributed by atoms with van der Waals surface area (Å²) < 4.78 is 25.6. The van der Waals surface area contributed by atoms with Crippen LogP contribution in [0.25, 0.3) is 11.0 Å². The van der Waals surface area contributed by atoms with Gasteiger partial charge in [0, 0.05) is 62.3 Å². The van der Waals surface area contributed by atoms with Gasteiger partial charge in [0.25, 0.3) is 0 Å². The maximum absolute atomic E-state index is 11.7. The van der Waals surface area contributed by atoms with Crippen molar-refractivity contribution in [3.05, 3.63) is 48.2 Å². The second kappa shape index (κ2) is 8.36. The van der Waals surface area contributed by atoms with Crippen LogP contribution in [0.15, 0.2) is 47.5 Å². The number of benzene rings is 1. The number of piperazine rings is 1. The number of aromatic nitrogens is 2. The van der Waals surface area contributed by atoms with Crippen LogP contribution in [0.4, 0.5) is 11.5 Å². The zero-order valence-corrected chi connectivity index (χ0v) is 19.8. The lowest BCUT2D eigenvalue weighted by molar-refractivity contribution is 0.394. The van der Waals surface area contributed by atoms with Crippen molar-refractivity contribution in [1.29, 1.82) is 5.26 Å². The van der Waals surface area contributed by atoms with E-state index in [0.717, 1.165) is 68.2 Å². The van der Waals surface area contributed by atoms with Crippen LogP contribution in [0.3, 0.4) is 0 Å². The Morgan fingerprint density at radius 2 is 1.70 bits per heavy atom. The van der Waals surface area contributed by atoms with E-state index in [1.54, 1.807) is 12.1 Å². The third-order valence-corrected chi connectivity index (χ3v) is 7.91. The topological polar surface area (TPSA) is 85.5 Å². The molecule has 3 aromatic rings. The number of hydrogen-bond acceptors (Lipinski definition) is 7. The summed E-state index contributed by atoms with van der Waals surface area (Å²) in [6.45, 7) is 5.33. The molecule has 1 aromatic carbocycles. The van der Waals surface area contributed by atoms with E-state index in [1.807, 2.05) is 30.5 Å². The SMILES string of the molecule is CN1CC[C@H](n2cc(C#N)c3ccc(N4CCN(c5ccc(S(C)(=O)=O)cc5)CC4)nc32)C1. The monoisotopic (exact) mass is 464 g/mol. The fraction of sp³-hybridized carbons (Fsp3) is 0.417. The molecule has 0 bridgehead atoms. The van der Waals surface area contributed by atoms with Crippen LogP contribution in [0.1, 0.15) is 18.0 Å². The van der Waals surface area contributed by atoms with Crippen LogP contribution in [-0.2, 0) is 9.84 Å². The summed E-state index contributed by atoms with van der Waals surface area (Å²) in [6.07, 6.45) is 4.25. The molecule has 8 nitrogen and oxygen atoms in total. The Morgan fingerprint density at radius 3 is 2.30 bits per heavy atom. The van der Waals surface area contributed by atoms with Crippen LogP contribution >= 0.6 is 0 Å². The molecule has 0 N–H and O–H groups in total. The first kappa shape index (κ1) is 21.7. The van der Waals surface area contributed by atoms with E-state index in [2.05, 4.69) is 32.4 Å². The van der Waals surface area contributed by atoms with Crippen LogP contribution < -0.4 is 9.80 Å². The molecule has 0 radical (unpaired) electrons. The molecule has 2 aliphatic rings. The van der Waals surface area contributed by atoms with E-state index in [4.69, 9.17) is 4.98 Å². The van der Waals surface area contributed by atoms with Crippen molar-refractivity contribution in [2.75, 3.05) is 62.4 Å². The van der Waals surface area contributed by atoms with Crippen molar-refractivity contribution in [2.24, 2.45) is 0 Å². The summed E-state index contributed by atoms with van der Waals surface area (Å²) in [5.41, 5.74) is 2.60. The van der Waals surface area contributed by atoms with Gasteiger partial charge in [-0.2, -0.15) is 5.26 Å². The van der Waals surface area contributed by atoms with Crippen LogP contribution in [0.2, 0.25) is 0 Å². The molecule has 2 saturated heterocycles. The molecule has 0 saturated carbocycles. The highest BCUT2D eigenvalue weighted by molar-refractivity contribution is 7.90. The summed E-state index contributed by atoms with van der Waals surface area (Å²) in [5, 5.41) is 10.5. The van der Waals surface area contributed by atoms with E-state index in [-0.39, 0.29) is 0 Å². The molecular weight excluding hydrogens is 436 g/mol. The Bertz CT molecular complexity index is 1320. The van der Waals surface area contributed by atoms with Gasteiger partial charge in [-0.15, -0.1) is 0 Å². The van der Waals surface area contributed by atoms with E-state index < -0.39 is 9.84 Å². The molecule has 1 atom stereocenters. The number of nitrogens with zero attached hydrogens (tertiary/aromatic N) is 6. The van der Waals surface area contributed by atoms with Gasteiger partial charge in [0.1, 0.15) is 17.5 Å². The molecule has 5 rings (SSSR count). The largest absolute Gasteiger partial charge is 0.368 e. The van der Waals surface area contributed by atoms with Gasteiger partial charge in [-0.05, 0) is 56.4 Å². The molecule has 4 heterocycles. The fourth-order valence-corrected chi connectivity index (χ4v) is 5.53. The van der Waals surface area contributed by atoms with Crippen LogP contribution in [0.5, 0.6) is 0 Å². The molecule has 9 heteroatoms. The summed E-state index contributed by atoms with van der Waals surface area (Å²) in [5.74, 6) is 0.935. The highest BCUT2D eigenvalue weighted by Crippen LogP contribution is 2.30. The zero-order valence-electron chi connectivity index (χ0n) is 19.0. The molecule has 2 aromatic heterocycles. The van der Waals surface area contributed by atoms with Gasteiger partial charge in [-0.1, -0.05) is 0 Å². The van der Waals surface area contributed by atoms with Crippen molar-refractivity contribution in [2.45, 2.75) is 17.4 Å². The van der Waals surface area contributed by atoms with E-state index in [0.29, 0.717) is 16.5 Å². The maximum atomic E-state index is 11.7. The first-order chi connectivity index (χ1) is 15.8. The van der Waals surface area contributed by atoms with Crippen molar-refractivity contribution in [3.8, 4) is 6.07 Å². The van der Waals surface area contributed by atoms with Gasteiger partial charge < -0.3 is 19.3 Å². The Morgan fingerprint density at radius 1 is 1.00 bits per heavy atom. The number of sulfone groups is 1. The van der Waals surface area contributed by atoms with Crippen LogP contribution in [-0.4, -0.2) is 75.4 Å². The van der Waals surface area contributed by atoms with Crippen molar-refractivity contribution in [3.63, 3.8) is 0 Å². The highest BCUT2D eigenvalue weighted by Gasteiger charge is 2.25. The summed E-state index contributed by atoms with van der Waals surface area (Å²) in [6, 6.07) is 13.8. The summed E-state index contributed by atoms with van der Waals surface area (Å²) in [7, 11) is -1.06. The van der Waals surface area contributed by atoms with Gasteiger partial charge >= 0.3 is 0 Å². The van der Waals surface area contributed by atoms with E-state index in [1.165, 1.54) is 6.26 Å². The molecule has 0 amide bonds. The summed E-state index contributed by atoms with van der Waals surface area (Å²) >= 11 is 0. The standard InChI is InChI=1S/C24H28N6O2S/c1-27-10-9-20(17-27)30-16-18(15-25)22-7-8-23(26-24(22)30)29-13-11-28(12-14-29)19-3-5-21(6-4-19)33(2,31)32/h3-8,16,20H,9-14,17H2,1-2H3/t20-/m0/s1. The minimum absolute atomic E-state index is 0.342. The number of pyridine rings is 1. The highest BCUT2D eigenvalue weighted by atomic mass is 32.2. The Kier molecular flexibility index (Phi) is 5.51. The van der Waals surface area contributed by atoms with Crippen LogP contribution in [0, 0.1) is 11.3 Å². The third kappa shape index (κ3) is 4.16. The smallest absolute Gasteiger partial charge is 0.175 e. The number of likely N-dealkylation sites (tertiary alicyclic amines) is 1. The average molecular weight is 465 g/mol. The normalized spacial score (nSPS) is 19.8. The van der Waals surface area contributed by atoms with Gasteiger partial charge in [-0.3, -0.25) is 0 Å². The number of hydrogen-bond donors (Lipinski definition) is 0. The molecular formula is C24H28N6O2S. The van der Waals surface area contributed by atoms with Gasteiger partial charge in [-0.25, -0.2) is 13.4 Å². The second-order valence-corrected chi connectivity index (χ2v) is 11.1. The number of fused-ring (bicyclic) bond motifs is 1. The van der Waals surface area contributed by atoms with Crippen molar-refractivity contribution in [1.82, 2.24) is 14.5 Å². The Balaban J connectivity index is 1.35. The molecule has 0 spiro atoms. The average Bonchev–Trinajstić information content (AvgIpc) is 3.41. The number of rotatable bonds is 4. The van der Waals surface area contributed by atoms with Crippen molar-refractivity contribution >= 4 is 32.4 Å². The predicted octanol–water partition coefficient (Wildman–Crippen LogP) is 2.51. The second-order valence-electron chi connectivity index (χ2n) is 9.05. The Hall–Kier alpha value is -3.09. The van der Waals surface area contributed by atoms with E-state index >= 15 is 0 Å². The molecule has 172 valence electrons. The lowest BCUT2D eigenvalue weighted by Crippen LogP contribution is -2.46. The molecule has 33 heavy (non-hydrogen) atoms. The molecule has 2 aliphatic heterocycles. The molecule has 0 aliphatic carbocycles. The number of nitriles is 1. The quantitative estimate of drug-likeness (QED) is 0.586. The third-order valence-electron chi connectivity index (χ3n) is 6.78. The van der Waals surface area contributed by atoms with E-state index in [9.17, 15) is 13.7 Å². The lowest BCUT2D eigenvalue weighted by Gasteiger charge is -2.36. The predicted molar refractivity (Wildman–Crippen MR) is 130 cm³/mol.